The molecule has 3 nitrogen and oxygen atoms in total. The van der Waals surface area contributed by atoms with Crippen LogP contribution in [0.25, 0.3) is 0 Å². The third kappa shape index (κ3) is 4.42. The molecule has 0 saturated carbocycles. The molecule has 3 rings (SSSR count). The summed E-state index contributed by atoms with van der Waals surface area (Å²) in [5.74, 6) is 0.644. The predicted molar refractivity (Wildman–Crippen MR) is 92.2 cm³/mol. The third-order valence-electron chi connectivity index (χ3n) is 4.36. The summed E-state index contributed by atoms with van der Waals surface area (Å²) in [6, 6.07) is 20.1. The fourth-order valence-corrected chi connectivity index (χ4v) is 3.01. The monoisotopic (exact) mass is 309 g/mol. The van der Waals surface area contributed by atoms with Crippen LogP contribution in [0.5, 0.6) is 0 Å². The van der Waals surface area contributed by atoms with Crippen LogP contribution in [0.2, 0.25) is 0 Å². The highest BCUT2D eigenvalue weighted by Gasteiger charge is 2.22. The summed E-state index contributed by atoms with van der Waals surface area (Å²) in [6.45, 7) is 2.18. The Kier molecular flexibility index (Phi) is 5.43. The number of rotatable bonds is 5. The van der Waals surface area contributed by atoms with Gasteiger partial charge in [0, 0.05) is 25.3 Å². The summed E-state index contributed by atoms with van der Waals surface area (Å²) in [7, 11) is 0. The van der Waals surface area contributed by atoms with E-state index >= 15 is 0 Å². The number of para-hydroxylation sites is 1. The van der Waals surface area contributed by atoms with Gasteiger partial charge in [-0.1, -0.05) is 48.5 Å². The van der Waals surface area contributed by atoms with Crippen LogP contribution in [-0.2, 0) is 16.1 Å². The Balaban J connectivity index is 1.75. The normalized spacial score (nSPS) is 15.3. The van der Waals surface area contributed by atoms with Gasteiger partial charge in [-0.05, 0) is 36.5 Å². The van der Waals surface area contributed by atoms with Gasteiger partial charge in [-0.2, -0.15) is 0 Å². The minimum Gasteiger partial charge on any atom is -0.381 e. The molecule has 3 heteroatoms. The van der Waals surface area contributed by atoms with Crippen LogP contribution in [0.4, 0.5) is 5.69 Å². The molecule has 0 aliphatic carbocycles. The Morgan fingerprint density at radius 1 is 0.957 bits per heavy atom. The van der Waals surface area contributed by atoms with E-state index < -0.39 is 0 Å². The van der Waals surface area contributed by atoms with Gasteiger partial charge in [-0.3, -0.25) is 4.79 Å². The van der Waals surface area contributed by atoms with Gasteiger partial charge in [0.25, 0.3) is 0 Å². The van der Waals surface area contributed by atoms with Crippen LogP contribution in [0.1, 0.15) is 24.8 Å². The molecule has 2 aromatic rings. The molecule has 1 fully saturated rings. The number of amides is 1. The molecule has 23 heavy (non-hydrogen) atoms. The van der Waals surface area contributed by atoms with Crippen molar-refractivity contribution in [2.75, 3.05) is 18.1 Å². The second kappa shape index (κ2) is 7.93. The number of ether oxygens (including phenoxy) is 1. The van der Waals surface area contributed by atoms with Crippen molar-refractivity contribution in [2.45, 2.75) is 25.8 Å². The van der Waals surface area contributed by atoms with Gasteiger partial charge in [0.15, 0.2) is 0 Å². The lowest BCUT2D eigenvalue weighted by atomic mass is 9.95. The van der Waals surface area contributed by atoms with E-state index in [1.807, 2.05) is 53.4 Å². The molecule has 1 aliphatic heterocycles. The van der Waals surface area contributed by atoms with Crippen molar-refractivity contribution in [3.63, 3.8) is 0 Å². The highest BCUT2D eigenvalue weighted by atomic mass is 16.5. The first-order valence-electron chi connectivity index (χ1n) is 8.30. The van der Waals surface area contributed by atoms with Crippen molar-refractivity contribution in [3.8, 4) is 0 Å². The second-order valence-corrected chi connectivity index (χ2v) is 6.06. The van der Waals surface area contributed by atoms with E-state index in [0.29, 0.717) is 18.9 Å². The minimum absolute atomic E-state index is 0.201. The lowest BCUT2D eigenvalue weighted by Gasteiger charge is -2.27. The van der Waals surface area contributed by atoms with Crippen LogP contribution in [0.3, 0.4) is 0 Å². The molecule has 0 unspecified atom stereocenters. The molecule has 0 aromatic heterocycles. The predicted octanol–water partition coefficient (Wildman–Crippen LogP) is 4.04. The van der Waals surface area contributed by atoms with Crippen molar-refractivity contribution in [2.24, 2.45) is 5.92 Å². The summed E-state index contributed by atoms with van der Waals surface area (Å²) in [5.41, 5.74) is 2.12. The number of hydrogen-bond donors (Lipinski definition) is 0. The molecule has 1 amide bonds. The maximum absolute atomic E-state index is 12.9. The fourth-order valence-electron chi connectivity index (χ4n) is 3.01. The number of carbonyl (C=O) groups excluding carboxylic acids is 1. The van der Waals surface area contributed by atoms with E-state index in [-0.39, 0.29) is 5.91 Å². The summed E-state index contributed by atoms with van der Waals surface area (Å²) in [6.07, 6.45) is 2.57. The topological polar surface area (TPSA) is 29.5 Å². The number of anilines is 1. The number of nitrogens with zero attached hydrogens (tertiary/aromatic N) is 1. The third-order valence-corrected chi connectivity index (χ3v) is 4.36. The van der Waals surface area contributed by atoms with Crippen molar-refractivity contribution in [1.82, 2.24) is 0 Å². The van der Waals surface area contributed by atoms with E-state index in [2.05, 4.69) is 12.1 Å². The molecule has 0 atom stereocenters. The quantitative estimate of drug-likeness (QED) is 0.834. The lowest BCUT2D eigenvalue weighted by molar-refractivity contribution is -0.120. The first-order chi connectivity index (χ1) is 11.3. The van der Waals surface area contributed by atoms with Crippen LogP contribution in [-0.4, -0.2) is 19.1 Å². The maximum atomic E-state index is 12.9. The van der Waals surface area contributed by atoms with E-state index in [9.17, 15) is 4.79 Å². The molecule has 0 radical (unpaired) electrons. The molecule has 2 aromatic carbocycles. The number of benzene rings is 2. The van der Waals surface area contributed by atoms with E-state index in [4.69, 9.17) is 4.74 Å². The van der Waals surface area contributed by atoms with Gasteiger partial charge >= 0.3 is 0 Å². The average molecular weight is 309 g/mol. The van der Waals surface area contributed by atoms with Crippen molar-refractivity contribution >= 4 is 11.6 Å². The Bertz CT molecular complexity index is 606. The second-order valence-electron chi connectivity index (χ2n) is 6.06. The molecule has 1 aliphatic rings. The highest BCUT2D eigenvalue weighted by Crippen LogP contribution is 2.23. The average Bonchev–Trinajstić information content (AvgIpc) is 2.62. The maximum Gasteiger partial charge on any atom is 0.227 e. The largest absolute Gasteiger partial charge is 0.381 e. The molecule has 1 saturated heterocycles. The SMILES string of the molecule is O=C(CC1CCOCC1)N(Cc1ccccc1)c1ccccc1. The van der Waals surface area contributed by atoms with Crippen molar-refractivity contribution in [3.05, 3.63) is 66.2 Å². The minimum atomic E-state index is 0.201. The summed E-state index contributed by atoms with van der Waals surface area (Å²) < 4.78 is 5.40. The molecule has 0 spiro atoms. The van der Waals surface area contributed by atoms with Crippen LogP contribution in [0, 0.1) is 5.92 Å². The Morgan fingerprint density at radius 3 is 2.22 bits per heavy atom. The Morgan fingerprint density at radius 2 is 1.57 bits per heavy atom. The molecular formula is C20H23NO2. The van der Waals surface area contributed by atoms with E-state index in [0.717, 1.165) is 37.3 Å². The van der Waals surface area contributed by atoms with Gasteiger partial charge in [0.1, 0.15) is 0 Å². The Labute approximate surface area is 137 Å². The molecular weight excluding hydrogens is 286 g/mol. The zero-order chi connectivity index (χ0) is 15.9. The molecule has 120 valence electrons. The van der Waals surface area contributed by atoms with Crippen molar-refractivity contribution < 1.29 is 9.53 Å². The molecule has 0 N–H and O–H groups in total. The first-order valence-corrected chi connectivity index (χ1v) is 8.30. The standard InChI is InChI=1S/C20H23NO2/c22-20(15-17-11-13-23-14-12-17)21(19-9-5-2-6-10-19)16-18-7-3-1-4-8-18/h1-10,17H,11-16H2. The van der Waals surface area contributed by atoms with E-state index in [1.165, 1.54) is 0 Å². The zero-order valence-electron chi connectivity index (χ0n) is 13.4. The summed E-state index contributed by atoms with van der Waals surface area (Å²) in [4.78, 5) is 14.8. The first kappa shape index (κ1) is 15.8. The van der Waals surface area contributed by atoms with Crippen molar-refractivity contribution in [1.29, 1.82) is 0 Å². The van der Waals surface area contributed by atoms with E-state index in [1.54, 1.807) is 0 Å². The van der Waals surface area contributed by atoms with Gasteiger partial charge in [0.2, 0.25) is 5.91 Å². The number of carbonyl (C=O) groups is 1. The van der Waals surface area contributed by atoms with Crippen LogP contribution in [0.15, 0.2) is 60.7 Å². The van der Waals surface area contributed by atoms with Gasteiger partial charge in [-0.25, -0.2) is 0 Å². The fraction of sp³-hybridized carbons (Fsp3) is 0.350. The van der Waals surface area contributed by atoms with Gasteiger partial charge in [0.05, 0.1) is 6.54 Å². The summed E-state index contributed by atoms with van der Waals surface area (Å²) in [5, 5.41) is 0. The van der Waals surface area contributed by atoms with Crippen LogP contribution >= 0.6 is 0 Å². The molecule has 0 bridgehead atoms. The van der Waals surface area contributed by atoms with Gasteiger partial charge < -0.3 is 9.64 Å². The van der Waals surface area contributed by atoms with Crippen LogP contribution < -0.4 is 4.90 Å². The summed E-state index contributed by atoms with van der Waals surface area (Å²) >= 11 is 0. The van der Waals surface area contributed by atoms with Gasteiger partial charge in [-0.15, -0.1) is 0 Å². The smallest absolute Gasteiger partial charge is 0.227 e. The highest BCUT2D eigenvalue weighted by molar-refractivity contribution is 5.93. The Hall–Kier alpha value is -2.13. The zero-order valence-corrected chi connectivity index (χ0v) is 13.4. The number of hydrogen-bond acceptors (Lipinski definition) is 2. The lowest BCUT2D eigenvalue weighted by Crippen LogP contribution is -2.33. The molecule has 1 heterocycles.